The van der Waals surface area contributed by atoms with Gasteiger partial charge in [0.25, 0.3) is 0 Å². The number of azide groups is 1. The molecule has 0 unspecified atom stereocenters. The summed E-state index contributed by atoms with van der Waals surface area (Å²) in [6, 6.07) is 7.20. The molecular formula is C10H8BrN3O2. The summed E-state index contributed by atoms with van der Waals surface area (Å²) < 4.78 is 0.787. The van der Waals surface area contributed by atoms with E-state index in [0.717, 1.165) is 10.0 Å². The molecule has 16 heavy (non-hydrogen) atoms. The van der Waals surface area contributed by atoms with Crippen molar-refractivity contribution in [2.75, 3.05) is 6.54 Å². The lowest BCUT2D eigenvalue weighted by Gasteiger charge is -2.00. The summed E-state index contributed by atoms with van der Waals surface area (Å²) >= 11 is 3.30. The summed E-state index contributed by atoms with van der Waals surface area (Å²) in [4.78, 5) is 13.4. The Hall–Kier alpha value is -1.78. The molecule has 0 aliphatic heterocycles. The minimum Gasteiger partial charge on any atom is -0.478 e. The first-order valence-corrected chi connectivity index (χ1v) is 5.13. The first-order chi connectivity index (χ1) is 7.65. The number of benzene rings is 1. The zero-order chi connectivity index (χ0) is 12.0. The molecule has 0 heterocycles. The van der Waals surface area contributed by atoms with Crippen LogP contribution in [0.3, 0.4) is 0 Å². The Morgan fingerprint density at radius 1 is 1.56 bits per heavy atom. The summed E-state index contributed by atoms with van der Waals surface area (Å²) in [5.74, 6) is -1.09. The first-order valence-electron chi connectivity index (χ1n) is 4.34. The number of carboxylic acids is 1. The number of hydrogen-bond acceptors (Lipinski definition) is 2. The van der Waals surface area contributed by atoms with Crippen molar-refractivity contribution in [2.45, 2.75) is 0 Å². The van der Waals surface area contributed by atoms with E-state index in [9.17, 15) is 4.79 Å². The highest BCUT2D eigenvalue weighted by atomic mass is 79.9. The van der Waals surface area contributed by atoms with Gasteiger partial charge >= 0.3 is 5.97 Å². The van der Waals surface area contributed by atoms with Gasteiger partial charge in [-0.25, -0.2) is 4.79 Å². The maximum absolute atomic E-state index is 10.9. The van der Waals surface area contributed by atoms with Crippen molar-refractivity contribution >= 4 is 28.0 Å². The van der Waals surface area contributed by atoms with Crippen LogP contribution in [0.4, 0.5) is 0 Å². The van der Waals surface area contributed by atoms with Gasteiger partial charge < -0.3 is 5.11 Å². The highest BCUT2D eigenvalue weighted by molar-refractivity contribution is 9.10. The van der Waals surface area contributed by atoms with Crippen LogP contribution in [0.1, 0.15) is 5.56 Å². The second kappa shape index (κ2) is 5.95. The average molecular weight is 282 g/mol. The summed E-state index contributed by atoms with van der Waals surface area (Å²) in [6.45, 7) is -0.173. The third-order valence-corrected chi connectivity index (χ3v) is 2.54. The number of halogens is 1. The highest BCUT2D eigenvalue weighted by Crippen LogP contribution is 2.19. The van der Waals surface area contributed by atoms with Crippen LogP contribution in [0, 0.1) is 0 Å². The lowest BCUT2D eigenvalue weighted by molar-refractivity contribution is -0.132. The molecule has 0 saturated heterocycles. The molecule has 0 bridgehead atoms. The summed E-state index contributed by atoms with van der Waals surface area (Å²) in [5, 5.41) is 12.1. The molecule has 0 saturated carbocycles. The molecule has 0 aromatic heterocycles. The van der Waals surface area contributed by atoms with Crippen molar-refractivity contribution in [1.29, 1.82) is 0 Å². The van der Waals surface area contributed by atoms with E-state index in [4.69, 9.17) is 10.6 Å². The van der Waals surface area contributed by atoms with E-state index in [1.54, 1.807) is 18.2 Å². The fraction of sp³-hybridized carbons (Fsp3) is 0.100. The topological polar surface area (TPSA) is 86.1 Å². The summed E-state index contributed by atoms with van der Waals surface area (Å²) in [6.07, 6.45) is 1.47. The predicted molar refractivity (Wildman–Crippen MR) is 63.8 cm³/mol. The van der Waals surface area contributed by atoms with Gasteiger partial charge in [-0.1, -0.05) is 39.2 Å². The van der Waals surface area contributed by atoms with Crippen LogP contribution in [0.15, 0.2) is 39.4 Å². The van der Waals surface area contributed by atoms with Crippen LogP contribution < -0.4 is 0 Å². The van der Waals surface area contributed by atoms with Crippen molar-refractivity contribution in [2.24, 2.45) is 5.11 Å². The number of nitrogens with zero attached hydrogens (tertiary/aromatic N) is 3. The molecule has 1 rings (SSSR count). The van der Waals surface area contributed by atoms with Gasteiger partial charge in [-0.2, -0.15) is 0 Å². The van der Waals surface area contributed by atoms with Crippen molar-refractivity contribution in [3.05, 3.63) is 50.3 Å². The van der Waals surface area contributed by atoms with E-state index in [1.807, 2.05) is 6.07 Å². The first kappa shape index (κ1) is 12.3. The predicted octanol–water partition coefficient (Wildman–Crippen LogP) is 3.23. The largest absolute Gasteiger partial charge is 0.478 e. The molecule has 0 fully saturated rings. The zero-order valence-corrected chi connectivity index (χ0v) is 9.75. The molecule has 0 spiro atoms. The maximum Gasteiger partial charge on any atom is 0.331 e. The number of carbonyl (C=O) groups is 1. The van der Waals surface area contributed by atoms with Crippen LogP contribution in [0.2, 0.25) is 0 Å². The number of rotatable bonds is 4. The molecule has 0 radical (unpaired) electrons. The Labute approximate surface area is 100 Å². The van der Waals surface area contributed by atoms with Gasteiger partial charge in [0.1, 0.15) is 0 Å². The molecule has 1 aromatic rings. The monoisotopic (exact) mass is 281 g/mol. The molecule has 5 nitrogen and oxygen atoms in total. The van der Waals surface area contributed by atoms with E-state index in [-0.39, 0.29) is 12.1 Å². The molecule has 0 amide bonds. The number of aliphatic carboxylic acids is 1. The summed E-state index contributed by atoms with van der Waals surface area (Å²) in [7, 11) is 0. The SMILES string of the molecule is [N-]=[N+]=NC/C(=C\c1ccccc1Br)C(=O)O. The molecular weight excluding hydrogens is 274 g/mol. The molecule has 0 aliphatic carbocycles. The lowest BCUT2D eigenvalue weighted by Crippen LogP contribution is -2.03. The van der Waals surface area contributed by atoms with E-state index >= 15 is 0 Å². The Morgan fingerprint density at radius 2 is 2.25 bits per heavy atom. The third-order valence-electron chi connectivity index (χ3n) is 1.81. The fourth-order valence-electron chi connectivity index (χ4n) is 1.06. The second-order valence-electron chi connectivity index (χ2n) is 2.89. The second-order valence-corrected chi connectivity index (χ2v) is 3.74. The highest BCUT2D eigenvalue weighted by Gasteiger charge is 2.06. The van der Waals surface area contributed by atoms with Gasteiger partial charge in [0.15, 0.2) is 0 Å². The van der Waals surface area contributed by atoms with Crippen molar-refractivity contribution in [1.82, 2.24) is 0 Å². The molecule has 6 heteroatoms. The Bertz CT molecular complexity index is 479. The van der Waals surface area contributed by atoms with Gasteiger partial charge in [-0.15, -0.1) is 0 Å². The van der Waals surface area contributed by atoms with Crippen molar-refractivity contribution < 1.29 is 9.90 Å². The van der Waals surface area contributed by atoms with Gasteiger partial charge in [0, 0.05) is 15.0 Å². The molecule has 0 atom stereocenters. The van der Waals surface area contributed by atoms with Gasteiger partial charge in [-0.05, 0) is 23.2 Å². The van der Waals surface area contributed by atoms with E-state index in [2.05, 4.69) is 26.0 Å². The van der Waals surface area contributed by atoms with Crippen LogP contribution in [0.5, 0.6) is 0 Å². The van der Waals surface area contributed by atoms with E-state index in [0.29, 0.717) is 0 Å². The van der Waals surface area contributed by atoms with Crippen LogP contribution in [-0.4, -0.2) is 17.6 Å². The minimum atomic E-state index is -1.09. The van der Waals surface area contributed by atoms with Gasteiger partial charge in [-0.3, -0.25) is 0 Å². The summed E-state index contributed by atoms with van der Waals surface area (Å²) in [5.41, 5.74) is 8.92. The van der Waals surface area contributed by atoms with Crippen molar-refractivity contribution in [3.8, 4) is 0 Å². The lowest BCUT2D eigenvalue weighted by atomic mass is 10.1. The third kappa shape index (κ3) is 3.42. The smallest absolute Gasteiger partial charge is 0.331 e. The molecule has 0 aliphatic rings. The molecule has 1 N–H and O–H groups in total. The Kier molecular flexibility index (Phi) is 4.57. The van der Waals surface area contributed by atoms with E-state index in [1.165, 1.54) is 6.08 Å². The van der Waals surface area contributed by atoms with Crippen LogP contribution in [-0.2, 0) is 4.79 Å². The molecule has 82 valence electrons. The number of hydrogen-bond donors (Lipinski definition) is 1. The fourth-order valence-corrected chi connectivity index (χ4v) is 1.46. The van der Waals surface area contributed by atoms with Crippen LogP contribution >= 0.6 is 15.9 Å². The van der Waals surface area contributed by atoms with E-state index < -0.39 is 5.97 Å². The average Bonchev–Trinajstić information content (AvgIpc) is 2.26. The van der Waals surface area contributed by atoms with Gasteiger partial charge in [0.05, 0.1) is 6.54 Å². The van der Waals surface area contributed by atoms with Gasteiger partial charge in [0.2, 0.25) is 0 Å². The standard InChI is InChI=1S/C10H8BrN3O2/c11-9-4-2-1-3-7(9)5-8(10(15)16)6-13-14-12/h1-5H,6H2,(H,15,16)/b8-5+. The normalized spacial score (nSPS) is 10.7. The Morgan fingerprint density at radius 3 is 2.81 bits per heavy atom. The minimum absolute atomic E-state index is 0.0460. The van der Waals surface area contributed by atoms with Crippen molar-refractivity contribution in [3.63, 3.8) is 0 Å². The quantitative estimate of drug-likeness (QED) is 0.398. The van der Waals surface area contributed by atoms with Crippen LogP contribution in [0.25, 0.3) is 16.5 Å². The zero-order valence-electron chi connectivity index (χ0n) is 8.17. The Balaban J connectivity index is 3.07. The number of carboxylic acid groups (broad SMARTS) is 1. The molecule has 1 aromatic carbocycles. The maximum atomic E-state index is 10.9.